The molecular weight excluding hydrogens is 314 g/mol. The van der Waals surface area contributed by atoms with Gasteiger partial charge in [0.05, 0.1) is 31.9 Å². The first-order chi connectivity index (χ1) is 12.1. The first-order valence-corrected chi connectivity index (χ1v) is 9.83. The van der Waals surface area contributed by atoms with Crippen molar-refractivity contribution in [1.29, 1.82) is 0 Å². The van der Waals surface area contributed by atoms with Gasteiger partial charge in [-0.1, -0.05) is 37.8 Å². The Morgan fingerprint density at radius 2 is 1.80 bits per heavy atom. The Bertz CT molecular complexity index is 562. The number of anilines is 1. The van der Waals surface area contributed by atoms with E-state index in [1.165, 1.54) is 30.6 Å². The number of nitrogens with one attached hydrogen (secondary N) is 2. The SMILES string of the molecule is C[C@@H](C(=O)NC1CCCCCC1)[NH+]1CCN(c2ccccc2O)CC1. The highest BCUT2D eigenvalue weighted by atomic mass is 16.3. The van der Waals surface area contributed by atoms with E-state index in [4.69, 9.17) is 0 Å². The van der Waals surface area contributed by atoms with E-state index >= 15 is 0 Å². The minimum Gasteiger partial charge on any atom is -0.506 e. The number of hydrogen-bond donors (Lipinski definition) is 3. The van der Waals surface area contributed by atoms with Crippen LogP contribution in [0, 0.1) is 0 Å². The number of benzene rings is 1. The van der Waals surface area contributed by atoms with Crippen molar-refractivity contribution in [2.24, 2.45) is 0 Å². The van der Waals surface area contributed by atoms with Crippen LogP contribution in [0.1, 0.15) is 45.4 Å². The second-order valence-corrected chi connectivity index (χ2v) is 7.55. The van der Waals surface area contributed by atoms with Crippen molar-refractivity contribution >= 4 is 11.6 Å². The van der Waals surface area contributed by atoms with Gasteiger partial charge in [-0.3, -0.25) is 4.79 Å². The largest absolute Gasteiger partial charge is 0.506 e. The summed E-state index contributed by atoms with van der Waals surface area (Å²) in [5, 5.41) is 13.3. The number of hydrogen-bond acceptors (Lipinski definition) is 3. The molecule has 0 bridgehead atoms. The Hall–Kier alpha value is -1.75. The molecule has 1 aliphatic heterocycles. The minimum absolute atomic E-state index is 0.00484. The monoisotopic (exact) mass is 346 g/mol. The highest BCUT2D eigenvalue weighted by Crippen LogP contribution is 2.26. The van der Waals surface area contributed by atoms with Crippen molar-refractivity contribution in [2.45, 2.75) is 57.5 Å². The molecule has 2 fully saturated rings. The lowest BCUT2D eigenvalue weighted by molar-refractivity contribution is -0.914. The number of nitrogens with zero attached hydrogens (tertiary/aromatic N) is 1. The van der Waals surface area contributed by atoms with Gasteiger partial charge in [0.1, 0.15) is 5.75 Å². The molecule has 0 spiro atoms. The molecule has 0 unspecified atom stereocenters. The number of aromatic hydroxyl groups is 1. The van der Waals surface area contributed by atoms with E-state index in [-0.39, 0.29) is 11.9 Å². The van der Waals surface area contributed by atoms with Gasteiger partial charge in [-0.25, -0.2) is 0 Å². The predicted octanol–water partition coefficient (Wildman–Crippen LogP) is 1.32. The number of piperazine rings is 1. The molecule has 0 radical (unpaired) electrons. The molecule has 3 N–H and O–H groups in total. The normalized spacial score (nSPS) is 21.6. The van der Waals surface area contributed by atoms with Crippen LogP contribution in [0.15, 0.2) is 24.3 Å². The number of quaternary nitrogens is 1. The van der Waals surface area contributed by atoms with Crippen molar-refractivity contribution in [3.63, 3.8) is 0 Å². The summed E-state index contributed by atoms with van der Waals surface area (Å²) in [4.78, 5) is 16.2. The van der Waals surface area contributed by atoms with Crippen LogP contribution in [-0.2, 0) is 4.79 Å². The van der Waals surface area contributed by atoms with Crippen LogP contribution in [0.25, 0.3) is 0 Å². The molecule has 1 heterocycles. The zero-order chi connectivity index (χ0) is 17.6. The molecule has 3 rings (SSSR count). The molecular formula is C20H32N3O2+. The number of carbonyl (C=O) groups excluding carboxylic acids is 1. The van der Waals surface area contributed by atoms with Gasteiger partial charge in [-0.2, -0.15) is 0 Å². The molecule has 25 heavy (non-hydrogen) atoms. The molecule has 1 atom stereocenters. The standard InChI is InChI=1S/C20H31N3O2/c1-16(20(25)21-17-8-4-2-3-5-9-17)22-12-14-23(15-13-22)18-10-6-7-11-19(18)24/h6-7,10-11,16-17,24H,2-5,8-9,12-15H2,1H3,(H,21,25)/p+1/t16-/m0/s1. The summed E-state index contributed by atoms with van der Waals surface area (Å²) in [6.45, 7) is 5.64. The Kier molecular flexibility index (Phi) is 6.19. The molecule has 5 nitrogen and oxygen atoms in total. The molecule has 5 heteroatoms. The van der Waals surface area contributed by atoms with E-state index in [1.807, 2.05) is 18.2 Å². The molecule has 1 aliphatic carbocycles. The summed E-state index contributed by atoms with van der Waals surface area (Å²) in [5.41, 5.74) is 0.900. The Balaban J connectivity index is 1.50. The summed E-state index contributed by atoms with van der Waals surface area (Å²) in [6.07, 6.45) is 7.36. The van der Waals surface area contributed by atoms with Crippen molar-refractivity contribution in [3.8, 4) is 5.75 Å². The Labute approximate surface area is 151 Å². The van der Waals surface area contributed by atoms with Crippen LogP contribution in [0.2, 0.25) is 0 Å². The van der Waals surface area contributed by atoms with Crippen molar-refractivity contribution < 1.29 is 14.8 Å². The Morgan fingerprint density at radius 3 is 2.44 bits per heavy atom. The molecule has 1 aromatic rings. The van der Waals surface area contributed by atoms with Gasteiger partial charge in [0.25, 0.3) is 5.91 Å². The highest BCUT2D eigenvalue weighted by Gasteiger charge is 2.30. The average Bonchev–Trinajstić information content (AvgIpc) is 2.90. The first kappa shape index (κ1) is 18.1. The summed E-state index contributed by atoms with van der Waals surface area (Å²) in [7, 11) is 0. The fourth-order valence-electron chi connectivity index (χ4n) is 4.13. The van der Waals surface area contributed by atoms with E-state index < -0.39 is 0 Å². The van der Waals surface area contributed by atoms with Crippen LogP contribution >= 0.6 is 0 Å². The summed E-state index contributed by atoms with van der Waals surface area (Å²) in [6, 6.07) is 7.87. The average molecular weight is 346 g/mol. The van der Waals surface area contributed by atoms with Gasteiger partial charge in [0, 0.05) is 6.04 Å². The maximum absolute atomic E-state index is 12.6. The van der Waals surface area contributed by atoms with E-state index in [0.29, 0.717) is 11.8 Å². The fraction of sp³-hybridized carbons (Fsp3) is 0.650. The lowest BCUT2D eigenvalue weighted by Gasteiger charge is -2.36. The fourth-order valence-corrected chi connectivity index (χ4v) is 4.13. The molecule has 1 aromatic carbocycles. The number of amides is 1. The number of rotatable bonds is 4. The van der Waals surface area contributed by atoms with E-state index in [0.717, 1.165) is 44.7 Å². The topological polar surface area (TPSA) is 57.0 Å². The third kappa shape index (κ3) is 4.66. The van der Waals surface area contributed by atoms with E-state index in [2.05, 4.69) is 17.1 Å². The van der Waals surface area contributed by atoms with Gasteiger partial charge in [-0.15, -0.1) is 0 Å². The lowest BCUT2D eigenvalue weighted by Crippen LogP contribution is -3.19. The molecule has 1 amide bonds. The first-order valence-electron chi connectivity index (χ1n) is 9.83. The van der Waals surface area contributed by atoms with Crippen molar-refractivity contribution in [2.75, 3.05) is 31.1 Å². The Morgan fingerprint density at radius 1 is 1.16 bits per heavy atom. The van der Waals surface area contributed by atoms with Crippen molar-refractivity contribution in [1.82, 2.24) is 5.32 Å². The highest BCUT2D eigenvalue weighted by molar-refractivity contribution is 5.80. The number of phenols is 1. The van der Waals surface area contributed by atoms with E-state index in [1.54, 1.807) is 6.07 Å². The minimum atomic E-state index is -0.00484. The van der Waals surface area contributed by atoms with Gasteiger partial charge in [0.15, 0.2) is 6.04 Å². The maximum atomic E-state index is 12.6. The summed E-state index contributed by atoms with van der Waals surface area (Å²) in [5.74, 6) is 0.544. The third-order valence-electron chi connectivity index (χ3n) is 5.84. The van der Waals surface area contributed by atoms with Gasteiger partial charge >= 0.3 is 0 Å². The predicted molar refractivity (Wildman–Crippen MR) is 100 cm³/mol. The number of carbonyl (C=O) groups is 1. The smallest absolute Gasteiger partial charge is 0.278 e. The quantitative estimate of drug-likeness (QED) is 0.721. The second-order valence-electron chi connectivity index (χ2n) is 7.55. The molecule has 1 saturated heterocycles. The molecule has 2 aliphatic rings. The number of para-hydroxylation sites is 2. The van der Waals surface area contributed by atoms with Crippen LogP contribution in [0.5, 0.6) is 5.75 Å². The maximum Gasteiger partial charge on any atom is 0.278 e. The zero-order valence-corrected chi connectivity index (χ0v) is 15.3. The second kappa shape index (κ2) is 8.56. The van der Waals surface area contributed by atoms with Crippen LogP contribution in [0.3, 0.4) is 0 Å². The zero-order valence-electron chi connectivity index (χ0n) is 15.3. The van der Waals surface area contributed by atoms with Gasteiger partial charge in [-0.05, 0) is 31.9 Å². The van der Waals surface area contributed by atoms with Gasteiger partial charge in [0.2, 0.25) is 0 Å². The summed E-state index contributed by atoms with van der Waals surface area (Å²) < 4.78 is 0. The number of phenolic OH excluding ortho intramolecular Hbond substituents is 1. The summed E-state index contributed by atoms with van der Waals surface area (Å²) >= 11 is 0. The van der Waals surface area contributed by atoms with E-state index in [9.17, 15) is 9.90 Å². The molecule has 138 valence electrons. The third-order valence-corrected chi connectivity index (χ3v) is 5.84. The van der Waals surface area contributed by atoms with Crippen LogP contribution in [0.4, 0.5) is 5.69 Å². The van der Waals surface area contributed by atoms with Crippen LogP contribution in [-0.4, -0.2) is 49.3 Å². The molecule has 1 saturated carbocycles. The van der Waals surface area contributed by atoms with Crippen molar-refractivity contribution in [3.05, 3.63) is 24.3 Å². The van der Waals surface area contributed by atoms with Crippen LogP contribution < -0.4 is 15.1 Å². The van der Waals surface area contributed by atoms with Gasteiger partial charge < -0.3 is 20.2 Å². The lowest BCUT2D eigenvalue weighted by atomic mass is 10.1. The molecule has 0 aromatic heterocycles.